The van der Waals surface area contributed by atoms with Crippen LogP contribution in [0.1, 0.15) is 5.56 Å². The second-order valence-corrected chi connectivity index (χ2v) is 5.01. The zero-order chi connectivity index (χ0) is 15.9. The molecule has 1 aromatic heterocycles. The monoisotopic (exact) mass is 296 g/mol. The van der Waals surface area contributed by atoms with E-state index in [-0.39, 0.29) is 27.8 Å². The summed E-state index contributed by atoms with van der Waals surface area (Å²) in [5.74, 6) is 0.268. The van der Waals surface area contributed by atoms with Gasteiger partial charge in [-0.15, -0.1) is 0 Å². The van der Waals surface area contributed by atoms with E-state index in [1.165, 1.54) is 12.1 Å². The van der Waals surface area contributed by atoms with Crippen molar-refractivity contribution in [3.8, 4) is 11.3 Å². The van der Waals surface area contributed by atoms with Crippen LogP contribution < -0.4 is 11.2 Å². The normalized spacial score (nSPS) is 10.8. The smallest absolute Gasteiger partial charge is 0.312 e. The Kier molecular flexibility index (Phi) is 3.14. The number of benzene rings is 2. The topological polar surface area (TPSA) is 99.4 Å². The Labute approximate surface area is 124 Å². The van der Waals surface area contributed by atoms with Crippen molar-refractivity contribution in [3.63, 3.8) is 0 Å². The van der Waals surface area contributed by atoms with Crippen molar-refractivity contribution in [2.75, 3.05) is 5.73 Å². The molecule has 0 saturated heterocycles. The Morgan fingerprint density at radius 3 is 2.45 bits per heavy atom. The first-order valence-corrected chi connectivity index (χ1v) is 6.54. The van der Waals surface area contributed by atoms with Crippen LogP contribution in [0.25, 0.3) is 22.3 Å². The van der Waals surface area contributed by atoms with Gasteiger partial charge in [-0.3, -0.25) is 14.9 Å². The molecule has 0 unspecified atom stereocenters. The van der Waals surface area contributed by atoms with E-state index >= 15 is 0 Å². The van der Waals surface area contributed by atoms with Gasteiger partial charge in [-0.1, -0.05) is 0 Å². The lowest BCUT2D eigenvalue weighted by molar-refractivity contribution is -0.383. The highest BCUT2D eigenvalue weighted by Gasteiger charge is 2.18. The summed E-state index contributed by atoms with van der Waals surface area (Å²) < 4.78 is 5.63. The second-order valence-electron chi connectivity index (χ2n) is 5.01. The Bertz CT molecular complexity index is 943. The number of hydrogen-bond donors (Lipinski definition) is 1. The van der Waals surface area contributed by atoms with Crippen molar-refractivity contribution in [2.45, 2.75) is 6.92 Å². The minimum absolute atomic E-state index is 0.0186. The highest BCUT2D eigenvalue weighted by atomic mass is 16.6. The zero-order valence-corrected chi connectivity index (χ0v) is 11.7. The molecule has 1 heterocycles. The van der Waals surface area contributed by atoms with Gasteiger partial charge in [0.2, 0.25) is 5.58 Å². The van der Waals surface area contributed by atoms with Gasteiger partial charge >= 0.3 is 5.69 Å². The predicted octanol–water partition coefficient (Wildman–Crippen LogP) is 3.26. The summed E-state index contributed by atoms with van der Waals surface area (Å²) in [6.07, 6.45) is 0. The lowest BCUT2D eigenvalue weighted by Gasteiger charge is -2.05. The highest BCUT2D eigenvalue weighted by molar-refractivity contribution is 5.87. The predicted molar refractivity (Wildman–Crippen MR) is 83.7 cm³/mol. The molecule has 110 valence electrons. The standard InChI is InChI=1S/C16H12N2O4/c1-9-6-12-14(19)8-15(10-2-4-11(17)5-3-10)22-16(12)13(7-9)18(20)21/h2-8H,17H2,1H3. The zero-order valence-electron chi connectivity index (χ0n) is 11.7. The van der Waals surface area contributed by atoms with Gasteiger partial charge in [0, 0.05) is 23.4 Å². The quantitative estimate of drug-likeness (QED) is 0.444. The van der Waals surface area contributed by atoms with Crippen LogP contribution >= 0.6 is 0 Å². The molecule has 0 bridgehead atoms. The summed E-state index contributed by atoms with van der Waals surface area (Å²) in [6, 6.07) is 11.0. The highest BCUT2D eigenvalue weighted by Crippen LogP contribution is 2.29. The first-order chi connectivity index (χ1) is 10.5. The van der Waals surface area contributed by atoms with Crippen molar-refractivity contribution in [1.29, 1.82) is 0 Å². The van der Waals surface area contributed by atoms with Crippen molar-refractivity contribution in [3.05, 3.63) is 68.4 Å². The molecule has 0 aliphatic heterocycles. The minimum atomic E-state index is -0.551. The number of nitro groups is 1. The van der Waals surface area contributed by atoms with Gasteiger partial charge in [0.25, 0.3) is 0 Å². The van der Waals surface area contributed by atoms with E-state index in [4.69, 9.17) is 10.2 Å². The van der Waals surface area contributed by atoms with Crippen LogP contribution in [0.4, 0.5) is 11.4 Å². The molecule has 2 aromatic carbocycles. The number of anilines is 1. The molecule has 6 nitrogen and oxygen atoms in total. The average molecular weight is 296 g/mol. The van der Waals surface area contributed by atoms with Gasteiger partial charge in [0.15, 0.2) is 5.43 Å². The lowest BCUT2D eigenvalue weighted by Crippen LogP contribution is -2.03. The minimum Gasteiger partial charge on any atom is -0.449 e. The van der Waals surface area contributed by atoms with Crippen LogP contribution in [0.2, 0.25) is 0 Å². The van der Waals surface area contributed by atoms with E-state index < -0.39 is 4.92 Å². The molecule has 2 N–H and O–H groups in total. The first-order valence-electron chi connectivity index (χ1n) is 6.54. The van der Waals surface area contributed by atoms with E-state index in [0.29, 0.717) is 16.8 Å². The van der Waals surface area contributed by atoms with Crippen molar-refractivity contribution in [2.24, 2.45) is 0 Å². The maximum atomic E-state index is 12.3. The van der Waals surface area contributed by atoms with E-state index in [2.05, 4.69) is 0 Å². The number of aryl methyl sites for hydroxylation is 1. The summed E-state index contributed by atoms with van der Waals surface area (Å²) in [5, 5.41) is 11.4. The fourth-order valence-corrected chi connectivity index (χ4v) is 2.31. The van der Waals surface area contributed by atoms with Gasteiger partial charge in [-0.05, 0) is 42.8 Å². The van der Waals surface area contributed by atoms with Crippen molar-refractivity contribution in [1.82, 2.24) is 0 Å². The Morgan fingerprint density at radius 2 is 1.82 bits per heavy atom. The van der Waals surface area contributed by atoms with E-state index in [0.717, 1.165) is 0 Å². The Hall–Kier alpha value is -3.15. The number of nitrogen functional groups attached to an aromatic ring is 1. The maximum absolute atomic E-state index is 12.3. The lowest BCUT2D eigenvalue weighted by atomic mass is 10.1. The summed E-state index contributed by atoms with van der Waals surface area (Å²) >= 11 is 0. The molecular formula is C16H12N2O4. The molecular weight excluding hydrogens is 284 g/mol. The molecule has 6 heteroatoms. The molecule has 3 aromatic rings. The maximum Gasteiger partial charge on any atom is 0.312 e. The Morgan fingerprint density at radius 1 is 1.14 bits per heavy atom. The summed E-state index contributed by atoms with van der Waals surface area (Å²) in [4.78, 5) is 22.9. The van der Waals surface area contributed by atoms with Crippen LogP contribution in [0.3, 0.4) is 0 Å². The van der Waals surface area contributed by atoms with Crippen molar-refractivity contribution >= 4 is 22.3 Å². The summed E-state index contributed by atoms with van der Waals surface area (Å²) in [6.45, 7) is 1.69. The van der Waals surface area contributed by atoms with Crippen LogP contribution in [-0.4, -0.2) is 4.92 Å². The van der Waals surface area contributed by atoms with E-state index in [1.54, 1.807) is 37.3 Å². The average Bonchev–Trinajstić information content (AvgIpc) is 2.47. The van der Waals surface area contributed by atoms with Crippen molar-refractivity contribution < 1.29 is 9.34 Å². The number of rotatable bonds is 2. The third-order valence-electron chi connectivity index (χ3n) is 3.35. The van der Waals surface area contributed by atoms with Gasteiger partial charge in [-0.2, -0.15) is 0 Å². The SMILES string of the molecule is Cc1cc([N+](=O)[O-])c2oc(-c3ccc(N)cc3)cc(=O)c2c1. The number of nitro benzene ring substituents is 1. The van der Waals surface area contributed by atoms with Gasteiger partial charge in [-0.25, -0.2) is 0 Å². The molecule has 0 spiro atoms. The molecule has 0 aliphatic carbocycles. The van der Waals surface area contributed by atoms with Crippen LogP contribution in [0.15, 0.2) is 51.7 Å². The van der Waals surface area contributed by atoms with Gasteiger partial charge < -0.3 is 10.2 Å². The fourth-order valence-electron chi connectivity index (χ4n) is 2.31. The third-order valence-corrected chi connectivity index (χ3v) is 3.35. The molecule has 0 radical (unpaired) electrons. The first kappa shape index (κ1) is 13.8. The van der Waals surface area contributed by atoms with Gasteiger partial charge in [0.05, 0.1) is 10.3 Å². The number of non-ortho nitro benzene ring substituents is 1. The van der Waals surface area contributed by atoms with Crippen LogP contribution in [0, 0.1) is 17.0 Å². The molecule has 0 atom stereocenters. The van der Waals surface area contributed by atoms with Crippen LogP contribution in [-0.2, 0) is 0 Å². The van der Waals surface area contributed by atoms with E-state index in [9.17, 15) is 14.9 Å². The summed E-state index contributed by atoms with van der Waals surface area (Å²) in [7, 11) is 0. The summed E-state index contributed by atoms with van der Waals surface area (Å²) in [5.41, 5.74) is 6.90. The molecule has 3 rings (SSSR count). The second kappa shape index (κ2) is 5.00. The molecule has 0 fully saturated rings. The van der Waals surface area contributed by atoms with E-state index in [1.807, 2.05) is 0 Å². The number of nitrogens with zero attached hydrogens (tertiary/aromatic N) is 1. The number of hydrogen-bond acceptors (Lipinski definition) is 5. The number of nitrogens with two attached hydrogens (primary N) is 1. The van der Waals surface area contributed by atoms with Gasteiger partial charge in [0.1, 0.15) is 5.76 Å². The van der Waals surface area contributed by atoms with Crippen LogP contribution in [0.5, 0.6) is 0 Å². The molecule has 0 amide bonds. The molecule has 22 heavy (non-hydrogen) atoms. The molecule has 0 aliphatic rings. The number of fused-ring (bicyclic) bond motifs is 1. The third kappa shape index (κ3) is 2.31. The molecule has 0 saturated carbocycles. The Balaban J connectivity index is 2.34. The largest absolute Gasteiger partial charge is 0.449 e. The fraction of sp³-hybridized carbons (Fsp3) is 0.0625.